The molecule has 19 heavy (non-hydrogen) atoms. The highest BCUT2D eigenvalue weighted by Gasteiger charge is 2.13. The van der Waals surface area contributed by atoms with Crippen molar-refractivity contribution < 1.29 is 0 Å². The molecule has 0 bridgehead atoms. The predicted octanol–water partition coefficient (Wildman–Crippen LogP) is 5.07. The van der Waals surface area contributed by atoms with Crippen LogP contribution in [0.15, 0.2) is 24.3 Å². The van der Waals surface area contributed by atoms with Crippen molar-refractivity contribution in [3.05, 3.63) is 35.4 Å². The van der Waals surface area contributed by atoms with Crippen LogP contribution in [0.3, 0.4) is 0 Å². The predicted molar refractivity (Wildman–Crippen MR) is 85.6 cm³/mol. The third-order valence-electron chi connectivity index (χ3n) is 3.69. The highest BCUT2D eigenvalue weighted by molar-refractivity contribution is 5.28. The molecule has 0 saturated heterocycles. The van der Waals surface area contributed by atoms with Crippen LogP contribution in [-0.2, 0) is 5.41 Å². The lowest BCUT2D eigenvalue weighted by molar-refractivity contribution is 0.497. The van der Waals surface area contributed by atoms with Crippen molar-refractivity contribution in [1.29, 1.82) is 0 Å². The van der Waals surface area contributed by atoms with E-state index >= 15 is 0 Å². The maximum Gasteiger partial charge on any atom is 0.0291 e. The minimum atomic E-state index is 0.243. The first-order valence-corrected chi connectivity index (χ1v) is 7.64. The molecule has 108 valence electrons. The maximum absolute atomic E-state index is 3.61. The maximum atomic E-state index is 3.61. The van der Waals surface area contributed by atoms with E-state index in [0.717, 1.165) is 12.5 Å². The summed E-state index contributed by atoms with van der Waals surface area (Å²) in [5.41, 5.74) is 3.03. The Kier molecular flexibility index (Phi) is 6.06. The summed E-state index contributed by atoms with van der Waals surface area (Å²) in [6, 6.07) is 9.51. The second-order valence-corrected chi connectivity index (χ2v) is 7.08. The zero-order valence-corrected chi connectivity index (χ0v) is 13.6. The molecule has 0 fully saturated rings. The number of nitrogens with one attached hydrogen (secondary N) is 1. The van der Waals surface area contributed by atoms with Gasteiger partial charge in [-0.05, 0) is 48.8 Å². The van der Waals surface area contributed by atoms with Crippen molar-refractivity contribution in [2.45, 2.75) is 65.8 Å². The molecule has 0 aliphatic rings. The van der Waals surface area contributed by atoms with E-state index in [2.05, 4.69) is 71.1 Å². The fourth-order valence-corrected chi connectivity index (χ4v) is 2.22. The van der Waals surface area contributed by atoms with E-state index in [1.54, 1.807) is 0 Å². The molecule has 1 rings (SSSR count). The molecule has 1 nitrogen and oxygen atoms in total. The van der Waals surface area contributed by atoms with Gasteiger partial charge >= 0.3 is 0 Å². The molecule has 1 heteroatoms. The summed E-state index contributed by atoms with van der Waals surface area (Å²) < 4.78 is 0. The van der Waals surface area contributed by atoms with Gasteiger partial charge in [0.2, 0.25) is 0 Å². The Labute approximate surface area is 119 Å². The van der Waals surface area contributed by atoms with Crippen LogP contribution < -0.4 is 5.32 Å². The molecule has 0 radical (unpaired) electrons. The van der Waals surface area contributed by atoms with E-state index in [1.807, 2.05) is 0 Å². The van der Waals surface area contributed by atoms with Gasteiger partial charge in [0.05, 0.1) is 0 Å². The van der Waals surface area contributed by atoms with Crippen LogP contribution in [0.2, 0.25) is 0 Å². The lowest BCUT2D eigenvalue weighted by Gasteiger charge is -2.21. The van der Waals surface area contributed by atoms with Gasteiger partial charge in [0.15, 0.2) is 0 Å². The summed E-state index contributed by atoms with van der Waals surface area (Å²) in [7, 11) is 0. The molecule has 0 saturated carbocycles. The van der Waals surface area contributed by atoms with Crippen molar-refractivity contribution in [2.75, 3.05) is 6.54 Å². The Morgan fingerprint density at radius 1 is 1.00 bits per heavy atom. The summed E-state index contributed by atoms with van der Waals surface area (Å²) in [6.45, 7) is 14.7. The lowest BCUT2D eigenvalue weighted by atomic mass is 9.86. The van der Waals surface area contributed by atoms with E-state index in [-0.39, 0.29) is 5.41 Å². The Bertz CT molecular complexity index is 356. The smallest absolute Gasteiger partial charge is 0.0291 e. The quantitative estimate of drug-likeness (QED) is 0.705. The summed E-state index contributed by atoms with van der Waals surface area (Å²) in [4.78, 5) is 0. The van der Waals surface area contributed by atoms with Crippen LogP contribution in [0.1, 0.15) is 71.6 Å². The zero-order valence-electron chi connectivity index (χ0n) is 13.6. The Balaban J connectivity index is 2.47. The fourth-order valence-electron chi connectivity index (χ4n) is 2.22. The van der Waals surface area contributed by atoms with Gasteiger partial charge in [-0.25, -0.2) is 0 Å². The van der Waals surface area contributed by atoms with E-state index in [4.69, 9.17) is 0 Å². The third-order valence-corrected chi connectivity index (χ3v) is 3.69. The fraction of sp³-hybridized carbons (Fsp3) is 0.667. The van der Waals surface area contributed by atoms with Crippen molar-refractivity contribution in [2.24, 2.45) is 5.92 Å². The first kappa shape index (κ1) is 16.2. The van der Waals surface area contributed by atoms with Gasteiger partial charge in [-0.2, -0.15) is 0 Å². The first-order chi connectivity index (χ1) is 8.80. The van der Waals surface area contributed by atoms with Gasteiger partial charge < -0.3 is 5.32 Å². The molecule has 0 aliphatic carbocycles. The van der Waals surface area contributed by atoms with E-state index < -0.39 is 0 Å². The summed E-state index contributed by atoms with van der Waals surface area (Å²) in [6.07, 6.45) is 2.57. The Morgan fingerprint density at radius 3 is 2.05 bits per heavy atom. The molecule has 1 unspecified atom stereocenters. The average molecular weight is 261 g/mol. The van der Waals surface area contributed by atoms with Crippen molar-refractivity contribution >= 4 is 0 Å². The average Bonchev–Trinajstić information content (AvgIpc) is 2.33. The van der Waals surface area contributed by atoms with E-state index in [0.29, 0.717) is 6.04 Å². The van der Waals surface area contributed by atoms with Crippen LogP contribution in [-0.4, -0.2) is 6.54 Å². The molecule has 1 N–H and O–H groups in total. The molecule has 0 heterocycles. The number of hydrogen-bond acceptors (Lipinski definition) is 1. The minimum absolute atomic E-state index is 0.243. The van der Waals surface area contributed by atoms with Crippen molar-refractivity contribution in [3.63, 3.8) is 0 Å². The third kappa shape index (κ3) is 5.78. The van der Waals surface area contributed by atoms with Crippen molar-refractivity contribution in [3.8, 4) is 0 Å². The summed E-state index contributed by atoms with van der Waals surface area (Å²) in [5, 5.41) is 3.61. The van der Waals surface area contributed by atoms with E-state index in [1.165, 1.54) is 24.0 Å². The SMILES string of the molecule is CC(C)CCCNC(C)c1ccc(C(C)(C)C)cc1. The largest absolute Gasteiger partial charge is 0.310 e. The van der Waals surface area contributed by atoms with Crippen LogP contribution in [0.5, 0.6) is 0 Å². The van der Waals surface area contributed by atoms with Crippen LogP contribution in [0, 0.1) is 5.92 Å². The lowest BCUT2D eigenvalue weighted by Crippen LogP contribution is -2.20. The second-order valence-electron chi connectivity index (χ2n) is 7.08. The van der Waals surface area contributed by atoms with Gasteiger partial charge in [-0.1, -0.05) is 58.9 Å². The monoisotopic (exact) mass is 261 g/mol. The summed E-state index contributed by atoms with van der Waals surface area (Å²) in [5.74, 6) is 0.808. The standard InChI is InChI=1S/C18H31N/c1-14(2)8-7-13-19-15(3)16-9-11-17(12-10-16)18(4,5)6/h9-12,14-15,19H,7-8,13H2,1-6H3. The second kappa shape index (κ2) is 7.09. The molecular weight excluding hydrogens is 230 g/mol. The molecule has 1 atom stereocenters. The molecule has 1 aromatic carbocycles. The summed E-state index contributed by atoms with van der Waals surface area (Å²) >= 11 is 0. The van der Waals surface area contributed by atoms with Gasteiger partial charge in [-0.3, -0.25) is 0 Å². The molecule has 1 aromatic rings. The number of benzene rings is 1. The number of hydrogen-bond donors (Lipinski definition) is 1. The molecular formula is C18H31N. The van der Waals surface area contributed by atoms with E-state index in [9.17, 15) is 0 Å². The molecule has 0 spiro atoms. The topological polar surface area (TPSA) is 12.0 Å². The zero-order chi connectivity index (χ0) is 14.5. The molecule has 0 aliphatic heterocycles. The van der Waals surface area contributed by atoms with Crippen molar-refractivity contribution in [1.82, 2.24) is 5.32 Å². The Morgan fingerprint density at radius 2 is 1.58 bits per heavy atom. The van der Waals surface area contributed by atoms with Crippen LogP contribution in [0.25, 0.3) is 0 Å². The Hall–Kier alpha value is -0.820. The van der Waals surface area contributed by atoms with Crippen LogP contribution >= 0.6 is 0 Å². The normalized spacial score (nSPS) is 13.8. The highest BCUT2D eigenvalue weighted by Crippen LogP contribution is 2.23. The molecule has 0 aromatic heterocycles. The number of rotatable bonds is 6. The van der Waals surface area contributed by atoms with Crippen LogP contribution in [0.4, 0.5) is 0 Å². The van der Waals surface area contributed by atoms with Gasteiger partial charge in [-0.15, -0.1) is 0 Å². The van der Waals surface area contributed by atoms with Gasteiger partial charge in [0, 0.05) is 6.04 Å². The first-order valence-electron chi connectivity index (χ1n) is 7.64. The highest BCUT2D eigenvalue weighted by atomic mass is 14.9. The minimum Gasteiger partial charge on any atom is -0.310 e. The molecule has 0 amide bonds. The van der Waals surface area contributed by atoms with Gasteiger partial charge in [0.25, 0.3) is 0 Å². The van der Waals surface area contributed by atoms with Gasteiger partial charge in [0.1, 0.15) is 0 Å².